The smallest absolute Gasteiger partial charge is 0.408 e. The molecule has 0 bridgehead atoms. The maximum absolute atomic E-state index is 14.8. The standard InChI is InChI=1S/C39H52N4O6/c1-25(2)21-32(41)35(45)30-19-13-14-20-33(30)43(36(46)26(3)42-38(48)49-39(4,5)6)37(47)29(22-27-15-9-7-10-16-27)24-34(44)31(40)23-28-17-11-8-12-18-28/h7-20,25-26,29,31-32,34,44H,21-24,40-41H2,1-6H3,(H,42,48)/t26?,29-,31+,32?,34+/m1/s1. The van der Waals surface area contributed by atoms with Gasteiger partial charge in [-0.05, 0) is 82.6 Å². The second-order valence-corrected chi connectivity index (χ2v) is 14.0. The number of benzene rings is 3. The number of hydrogen-bond donors (Lipinski definition) is 4. The number of ether oxygens (including phenoxy) is 1. The number of imide groups is 1. The second-order valence-electron chi connectivity index (χ2n) is 14.0. The summed E-state index contributed by atoms with van der Waals surface area (Å²) < 4.78 is 5.37. The third kappa shape index (κ3) is 11.9. The molecule has 0 aliphatic carbocycles. The topological polar surface area (TPSA) is 165 Å². The van der Waals surface area contributed by atoms with Crippen molar-refractivity contribution in [3.63, 3.8) is 0 Å². The molecule has 3 aromatic carbocycles. The summed E-state index contributed by atoms with van der Waals surface area (Å²) in [5.74, 6) is -2.68. The first kappa shape index (κ1) is 39.1. The number of anilines is 1. The van der Waals surface area contributed by atoms with E-state index < -0.39 is 59.4 Å². The zero-order chi connectivity index (χ0) is 36.3. The maximum Gasteiger partial charge on any atom is 0.408 e. The van der Waals surface area contributed by atoms with Crippen LogP contribution >= 0.6 is 0 Å². The molecule has 10 heteroatoms. The Morgan fingerprint density at radius 3 is 1.86 bits per heavy atom. The van der Waals surface area contributed by atoms with E-state index in [-0.39, 0.29) is 30.0 Å². The van der Waals surface area contributed by atoms with Gasteiger partial charge < -0.3 is 26.6 Å². The lowest BCUT2D eigenvalue weighted by Gasteiger charge is -2.32. The van der Waals surface area contributed by atoms with Crippen LogP contribution in [0.25, 0.3) is 0 Å². The summed E-state index contributed by atoms with van der Waals surface area (Å²) in [5.41, 5.74) is 13.8. The van der Waals surface area contributed by atoms with Gasteiger partial charge in [-0.25, -0.2) is 9.69 Å². The van der Waals surface area contributed by atoms with Crippen molar-refractivity contribution in [2.75, 3.05) is 4.90 Å². The van der Waals surface area contributed by atoms with E-state index in [0.717, 1.165) is 16.0 Å². The van der Waals surface area contributed by atoms with E-state index in [0.29, 0.717) is 12.8 Å². The normalized spacial score (nSPS) is 14.7. The minimum absolute atomic E-state index is 0.0423. The summed E-state index contributed by atoms with van der Waals surface area (Å²) in [7, 11) is 0. The van der Waals surface area contributed by atoms with E-state index in [2.05, 4.69) is 5.32 Å². The van der Waals surface area contributed by atoms with Crippen molar-refractivity contribution in [3.05, 3.63) is 102 Å². The molecule has 5 atom stereocenters. The average Bonchev–Trinajstić information content (AvgIpc) is 3.04. The van der Waals surface area contributed by atoms with Gasteiger partial charge in [0.15, 0.2) is 5.78 Å². The Morgan fingerprint density at radius 1 is 0.776 bits per heavy atom. The highest BCUT2D eigenvalue weighted by Gasteiger charge is 2.38. The van der Waals surface area contributed by atoms with Crippen LogP contribution in [0.15, 0.2) is 84.9 Å². The summed E-state index contributed by atoms with van der Waals surface area (Å²) in [6.45, 7) is 10.4. The Hall–Kier alpha value is -4.38. The van der Waals surface area contributed by atoms with Gasteiger partial charge in [0.2, 0.25) is 5.91 Å². The number of aliphatic hydroxyl groups is 1. The van der Waals surface area contributed by atoms with Gasteiger partial charge >= 0.3 is 6.09 Å². The molecule has 10 nitrogen and oxygen atoms in total. The highest BCUT2D eigenvalue weighted by atomic mass is 16.6. The molecule has 0 aliphatic heterocycles. The van der Waals surface area contributed by atoms with Crippen molar-refractivity contribution in [2.24, 2.45) is 23.3 Å². The minimum Gasteiger partial charge on any atom is -0.444 e. The molecule has 3 aromatic rings. The van der Waals surface area contributed by atoms with Crippen LogP contribution in [0.2, 0.25) is 0 Å². The first-order valence-electron chi connectivity index (χ1n) is 16.8. The number of carbonyl (C=O) groups excluding carboxylic acids is 4. The van der Waals surface area contributed by atoms with Crippen LogP contribution in [0.5, 0.6) is 0 Å². The van der Waals surface area contributed by atoms with E-state index in [1.807, 2.05) is 74.5 Å². The third-order valence-electron chi connectivity index (χ3n) is 8.03. The molecule has 2 unspecified atom stereocenters. The lowest BCUT2D eigenvalue weighted by atomic mass is 9.88. The lowest BCUT2D eigenvalue weighted by molar-refractivity contribution is -0.130. The first-order valence-corrected chi connectivity index (χ1v) is 16.8. The van der Waals surface area contributed by atoms with Crippen molar-refractivity contribution in [1.29, 1.82) is 0 Å². The molecule has 0 spiro atoms. The van der Waals surface area contributed by atoms with Gasteiger partial charge in [-0.15, -0.1) is 0 Å². The Balaban J connectivity index is 2.08. The van der Waals surface area contributed by atoms with Crippen molar-refractivity contribution < 1.29 is 29.0 Å². The number of alkyl carbamates (subject to hydrolysis) is 1. The Morgan fingerprint density at radius 2 is 1.31 bits per heavy atom. The SMILES string of the molecule is CC(C)CC(N)C(=O)c1ccccc1N(C(=O)C(C)NC(=O)OC(C)(C)C)C(=O)[C@H](Cc1ccccc1)C[C@H](O)[C@@H](N)Cc1ccccc1. The van der Waals surface area contributed by atoms with E-state index in [9.17, 15) is 24.3 Å². The van der Waals surface area contributed by atoms with Crippen LogP contribution in [0, 0.1) is 11.8 Å². The summed E-state index contributed by atoms with van der Waals surface area (Å²) in [4.78, 5) is 56.5. The van der Waals surface area contributed by atoms with Crippen LogP contribution in [-0.2, 0) is 27.2 Å². The summed E-state index contributed by atoms with van der Waals surface area (Å²) in [6, 6.07) is 22.3. The van der Waals surface area contributed by atoms with Gasteiger partial charge in [-0.2, -0.15) is 0 Å². The molecule has 0 heterocycles. The number of hydrogen-bond acceptors (Lipinski definition) is 8. The summed E-state index contributed by atoms with van der Waals surface area (Å²) in [6.07, 6.45) is -1.07. The molecule has 49 heavy (non-hydrogen) atoms. The summed E-state index contributed by atoms with van der Waals surface area (Å²) >= 11 is 0. The predicted octanol–water partition coefficient (Wildman–Crippen LogP) is 5.20. The van der Waals surface area contributed by atoms with E-state index in [4.69, 9.17) is 16.2 Å². The molecular formula is C39H52N4O6. The zero-order valence-electron chi connectivity index (χ0n) is 29.5. The highest BCUT2D eigenvalue weighted by Crippen LogP contribution is 2.29. The number of carbonyl (C=O) groups is 4. The predicted molar refractivity (Wildman–Crippen MR) is 192 cm³/mol. The van der Waals surface area contributed by atoms with Crippen molar-refractivity contribution in [3.8, 4) is 0 Å². The molecule has 0 saturated heterocycles. The number of rotatable bonds is 15. The molecule has 3 rings (SSSR count). The molecule has 3 amide bonds. The van der Waals surface area contributed by atoms with Crippen LogP contribution in [0.3, 0.4) is 0 Å². The molecular weight excluding hydrogens is 620 g/mol. The largest absolute Gasteiger partial charge is 0.444 e. The third-order valence-corrected chi connectivity index (χ3v) is 8.03. The number of aliphatic hydroxyl groups excluding tert-OH is 1. The van der Waals surface area contributed by atoms with Gasteiger partial charge in [-0.3, -0.25) is 14.4 Å². The van der Waals surface area contributed by atoms with E-state index in [1.54, 1.807) is 32.9 Å². The minimum atomic E-state index is -1.23. The Labute approximate surface area is 290 Å². The average molecular weight is 673 g/mol. The fourth-order valence-corrected chi connectivity index (χ4v) is 5.62. The van der Waals surface area contributed by atoms with Crippen LogP contribution in [0.4, 0.5) is 10.5 Å². The molecule has 0 aliphatic rings. The Kier molecular flexibility index (Phi) is 14.2. The number of amides is 3. The van der Waals surface area contributed by atoms with Gasteiger partial charge in [0, 0.05) is 17.5 Å². The fraction of sp³-hybridized carbons (Fsp3) is 0.436. The van der Waals surface area contributed by atoms with Crippen LogP contribution in [0.1, 0.15) is 75.9 Å². The molecule has 0 saturated carbocycles. The first-order chi connectivity index (χ1) is 23.1. The second kappa shape index (κ2) is 17.9. The lowest BCUT2D eigenvalue weighted by Crippen LogP contribution is -2.53. The maximum atomic E-state index is 14.8. The fourth-order valence-electron chi connectivity index (χ4n) is 5.62. The van der Waals surface area contributed by atoms with Gasteiger partial charge in [-0.1, -0.05) is 86.6 Å². The number of para-hydroxylation sites is 1. The monoisotopic (exact) mass is 672 g/mol. The van der Waals surface area contributed by atoms with E-state index in [1.165, 1.54) is 19.1 Å². The molecule has 0 aromatic heterocycles. The highest BCUT2D eigenvalue weighted by molar-refractivity contribution is 6.21. The molecule has 0 fully saturated rings. The van der Waals surface area contributed by atoms with Gasteiger partial charge in [0.05, 0.1) is 17.8 Å². The van der Waals surface area contributed by atoms with E-state index >= 15 is 0 Å². The van der Waals surface area contributed by atoms with Gasteiger partial charge in [0.25, 0.3) is 5.91 Å². The van der Waals surface area contributed by atoms with Crippen molar-refractivity contribution >= 4 is 29.4 Å². The van der Waals surface area contributed by atoms with Crippen LogP contribution < -0.4 is 21.7 Å². The quantitative estimate of drug-likeness (QED) is 0.160. The number of nitrogens with zero attached hydrogens (tertiary/aromatic N) is 1. The van der Waals surface area contributed by atoms with Gasteiger partial charge in [0.1, 0.15) is 11.6 Å². The van der Waals surface area contributed by atoms with Crippen molar-refractivity contribution in [2.45, 2.75) is 97.1 Å². The molecule has 264 valence electrons. The van der Waals surface area contributed by atoms with Crippen LogP contribution in [-0.4, -0.2) is 58.6 Å². The zero-order valence-corrected chi connectivity index (χ0v) is 29.5. The van der Waals surface area contributed by atoms with Crippen molar-refractivity contribution in [1.82, 2.24) is 5.32 Å². The number of nitrogens with one attached hydrogen (secondary N) is 1. The number of Topliss-reactive ketones (excluding diaryl/α,β-unsaturated/α-hetero) is 1. The number of nitrogens with two attached hydrogens (primary N) is 2. The summed E-state index contributed by atoms with van der Waals surface area (Å²) in [5, 5.41) is 13.9. The molecule has 6 N–H and O–H groups in total. The molecule has 0 radical (unpaired) electrons. The number of ketones is 1. The Bertz CT molecular complexity index is 1540.